The van der Waals surface area contributed by atoms with E-state index in [1.54, 1.807) is 31.8 Å². The summed E-state index contributed by atoms with van der Waals surface area (Å²) in [5, 5.41) is 14.4. The molecule has 0 spiro atoms. The van der Waals surface area contributed by atoms with Crippen molar-refractivity contribution in [2.75, 3.05) is 19.5 Å². The van der Waals surface area contributed by atoms with Gasteiger partial charge in [-0.1, -0.05) is 13.8 Å². The minimum Gasteiger partial charge on any atom is -0.493 e. The molecule has 0 aliphatic rings. The molecule has 0 unspecified atom stereocenters. The zero-order valence-corrected chi connectivity index (χ0v) is 16.0. The smallest absolute Gasteiger partial charge is 0.243 e. The molecular weight excluding hydrogens is 350 g/mol. The van der Waals surface area contributed by atoms with Crippen molar-refractivity contribution in [3.63, 3.8) is 0 Å². The van der Waals surface area contributed by atoms with Gasteiger partial charge in [0, 0.05) is 16.9 Å². The molecular formula is C18H21N5O2S. The molecule has 3 aromatic rings. The molecule has 0 radical (unpaired) electrons. The summed E-state index contributed by atoms with van der Waals surface area (Å²) >= 11 is 1.67. The lowest BCUT2D eigenvalue weighted by molar-refractivity contribution is 0.355. The highest BCUT2D eigenvalue weighted by atomic mass is 32.1. The van der Waals surface area contributed by atoms with Gasteiger partial charge in [0.1, 0.15) is 0 Å². The summed E-state index contributed by atoms with van der Waals surface area (Å²) < 4.78 is 10.6. The van der Waals surface area contributed by atoms with Crippen LogP contribution in [0, 0.1) is 0 Å². The molecule has 1 aromatic carbocycles. The fraction of sp³-hybridized carbons (Fsp3) is 0.333. The predicted molar refractivity (Wildman–Crippen MR) is 102 cm³/mol. The lowest BCUT2D eigenvalue weighted by atomic mass is 10.1. The number of rotatable bonds is 7. The van der Waals surface area contributed by atoms with Crippen molar-refractivity contribution >= 4 is 17.3 Å². The van der Waals surface area contributed by atoms with Crippen molar-refractivity contribution in [1.29, 1.82) is 0 Å². The molecule has 7 nitrogen and oxygen atoms in total. The molecule has 2 aromatic heterocycles. The van der Waals surface area contributed by atoms with Gasteiger partial charge in [0.05, 0.1) is 43.4 Å². The van der Waals surface area contributed by atoms with Gasteiger partial charge in [0.25, 0.3) is 0 Å². The van der Waals surface area contributed by atoms with Crippen LogP contribution in [0.3, 0.4) is 0 Å². The summed E-state index contributed by atoms with van der Waals surface area (Å²) in [6.07, 6.45) is 1.62. The molecule has 0 aliphatic carbocycles. The molecule has 3 rings (SSSR count). The topological polar surface area (TPSA) is 82.1 Å². The van der Waals surface area contributed by atoms with E-state index < -0.39 is 0 Å². The maximum absolute atomic E-state index is 5.34. The Morgan fingerprint density at radius 2 is 1.92 bits per heavy atom. The van der Waals surface area contributed by atoms with Crippen LogP contribution in [0.5, 0.6) is 11.5 Å². The number of nitrogens with one attached hydrogen (secondary N) is 1. The van der Waals surface area contributed by atoms with Crippen LogP contribution in [0.1, 0.15) is 30.5 Å². The van der Waals surface area contributed by atoms with Crippen molar-refractivity contribution in [1.82, 2.24) is 20.2 Å². The quantitative estimate of drug-likeness (QED) is 0.677. The monoisotopic (exact) mass is 371 g/mol. The first-order valence-corrected chi connectivity index (χ1v) is 9.09. The molecule has 0 amide bonds. The van der Waals surface area contributed by atoms with Gasteiger partial charge in [-0.15, -0.1) is 16.4 Å². The average Bonchev–Trinajstić information content (AvgIpc) is 3.15. The van der Waals surface area contributed by atoms with E-state index in [0.717, 1.165) is 16.3 Å². The van der Waals surface area contributed by atoms with E-state index in [-0.39, 0.29) is 0 Å². The Kier molecular flexibility index (Phi) is 5.62. The van der Waals surface area contributed by atoms with Crippen LogP contribution in [0.15, 0.2) is 29.8 Å². The van der Waals surface area contributed by atoms with Gasteiger partial charge in [-0.25, -0.2) is 9.97 Å². The van der Waals surface area contributed by atoms with Crippen LogP contribution < -0.4 is 14.8 Å². The first kappa shape index (κ1) is 18.1. The second kappa shape index (κ2) is 8.09. The normalized spacial score (nSPS) is 10.8. The Labute approximate surface area is 156 Å². The number of hydrogen-bond donors (Lipinski definition) is 1. The summed E-state index contributed by atoms with van der Waals surface area (Å²) in [5.74, 6) is 2.19. The molecule has 0 saturated heterocycles. The van der Waals surface area contributed by atoms with E-state index in [1.807, 2.05) is 23.6 Å². The number of methoxy groups -OCH3 is 2. The van der Waals surface area contributed by atoms with Gasteiger partial charge in [-0.2, -0.15) is 5.10 Å². The molecule has 136 valence electrons. The van der Waals surface area contributed by atoms with Gasteiger partial charge >= 0.3 is 0 Å². The Morgan fingerprint density at radius 1 is 1.12 bits per heavy atom. The molecule has 0 atom stereocenters. The standard InChI is InChI=1S/C18H21N5O2S/c1-11(2)17-21-13(10-26-17)8-19-18-22-14(9-20-23-18)12-5-6-15(24-3)16(7-12)25-4/h5-7,9-11H,8H2,1-4H3,(H,19,22,23). The third-order valence-corrected chi connectivity index (χ3v) is 4.92. The van der Waals surface area contributed by atoms with Crippen LogP contribution in [0.4, 0.5) is 5.95 Å². The van der Waals surface area contributed by atoms with Gasteiger partial charge in [-0.3, -0.25) is 0 Å². The SMILES string of the molecule is COc1ccc(-c2cnnc(NCc3csc(C(C)C)n3)n2)cc1OC. The maximum atomic E-state index is 5.34. The number of thiazole rings is 1. The summed E-state index contributed by atoms with van der Waals surface area (Å²) in [6, 6.07) is 5.61. The molecule has 8 heteroatoms. The second-order valence-corrected chi connectivity index (χ2v) is 6.81. The minimum atomic E-state index is 0.431. The van der Waals surface area contributed by atoms with Gasteiger partial charge in [-0.05, 0) is 18.2 Å². The zero-order chi connectivity index (χ0) is 18.5. The van der Waals surface area contributed by atoms with E-state index >= 15 is 0 Å². The third-order valence-electron chi connectivity index (χ3n) is 3.73. The van der Waals surface area contributed by atoms with Gasteiger partial charge < -0.3 is 14.8 Å². The van der Waals surface area contributed by atoms with Crippen molar-refractivity contribution in [3.8, 4) is 22.8 Å². The summed E-state index contributed by atoms with van der Waals surface area (Å²) in [7, 11) is 3.21. The largest absolute Gasteiger partial charge is 0.493 e. The first-order valence-electron chi connectivity index (χ1n) is 8.21. The van der Waals surface area contributed by atoms with E-state index in [0.29, 0.717) is 35.6 Å². The molecule has 0 aliphatic heterocycles. The number of aromatic nitrogens is 4. The van der Waals surface area contributed by atoms with Gasteiger partial charge in [0.15, 0.2) is 11.5 Å². The van der Waals surface area contributed by atoms with E-state index in [1.165, 1.54) is 0 Å². The third kappa shape index (κ3) is 4.08. The maximum Gasteiger partial charge on any atom is 0.243 e. The summed E-state index contributed by atoms with van der Waals surface area (Å²) in [6.45, 7) is 4.83. The van der Waals surface area contributed by atoms with Crippen LogP contribution in [-0.4, -0.2) is 34.4 Å². The Hall–Kier alpha value is -2.74. The second-order valence-electron chi connectivity index (χ2n) is 5.92. The van der Waals surface area contributed by atoms with E-state index in [4.69, 9.17) is 9.47 Å². The van der Waals surface area contributed by atoms with Crippen LogP contribution >= 0.6 is 11.3 Å². The minimum absolute atomic E-state index is 0.431. The van der Waals surface area contributed by atoms with Gasteiger partial charge in [0.2, 0.25) is 5.95 Å². The van der Waals surface area contributed by atoms with Crippen molar-refractivity contribution in [2.24, 2.45) is 0 Å². The fourth-order valence-electron chi connectivity index (χ4n) is 2.35. The molecule has 0 bridgehead atoms. The number of nitrogens with zero attached hydrogens (tertiary/aromatic N) is 4. The van der Waals surface area contributed by atoms with Crippen LogP contribution in [0.25, 0.3) is 11.3 Å². The Balaban J connectivity index is 1.75. The highest BCUT2D eigenvalue weighted by molar-refractivity contribution is 7.09. The Bertz CT molecular complexity index is 882. The lowest BCUT2D eigenvalue weighted by Gasteiger charge is -2.09. The summed E-state index contributed by atoms with van der Waals surface area (Å²) in [4.78, 5) is 9.12. The lowest BCUT2D eigenvalue weighted by Crippen LogP contribution is -2.06. The first-order chi connectivity index (χ1) is 12.6. The zero-order valence-electron chi connectivity index (χ0n) is 15.2. The molecule has 1 N–H and O–H groups in total. The van der Waals surface area contributed by atoms with Crippen molar-refractivity contribution in [2.45, 2.75) is 26.3 Å². The van der Waals surface area contributed by atoms with Crippen molar-refractivity contribution < 1.29 is 9.47 Å². The van der Waals surface area contributed by atoms with E-state index in [2.05, 4.69) is 39.3 Å². The summed E-state index contributed by atoms with van der Waals surface area (Å²) in [5.41, 5.74) is 2.54. The fourth-order valence-corrected chi connectivity index (χ4v) is 3.19. The highest BCUT2D eigenvalue weighted by Gasteiger charge is 2.10. The molecule has 0 saturated carbocycles. The predicted octanol–water partition coefficient (Wildman–Crippen LogP) is 3.75. The Morgan fingerprint density at radius 3 is 2.62 bits per heavy atom. The number of anilines is 1. The number of hydrogen-bond acceptors (Lipinski definition) is 8. The van der Waals surface area contributed by atoms with Crippen LogP contribution in [-0.2, 0) is 6.54 Å². The molecule has 26 heavy (non-hydrogen) atoms. The number of benzene rings is 1. The average molecular weight is 371 g/mol. The molecule has 2 heterocycles. The van der Waals surface area contributed by atoms with Crippen LogP contribution in [0.2, 0.25) is 0 Å². The number of ether oxygens (including phenoxy) is 2. The van der Waals surface area contributed by atoms with Crippen molar-refractivity contribution in [3.05, 3.63) is 40.5 Å². The highest BCUT2D eigenvalue weighted by Crippen LogP contribution is 2.31. The van der Waals surface area contributed by atoms with E-state index in [9.17, 15) is 0 Å². The molecule has 0 fully saturated rings.